The van der Waals surface area contributed by atoms with Gasteiger partial charge in [0.15, 0.2) is 5.75 Å². The molecule has 0 aromatic heterocycles. The first kappa shape index (κ1) is 22.0. The van der Waals surface area contributed by atoms with Crippen molar-refractivity contribution in [2.24, 2.45) is 0 Å². The van der Waals surface area contributed by atoms with Gasteiger partial charge in [-0.25, -0.2) is 12.8 Å². The number of para-hydroxylation sites is 1. The molecule has 1 fully saturated rings. The fourth-order valence-corrected chi connectivity index (χ4v) is 5.10. The van der Waals surface area contributed by atoms with Crippen LogP contribution < -0.4 is 10.1 Å². The molecule has 1 aliphatic rings. The predicted molar refractivity (Wildman–Crippen MR) is 120 cm³/mol. The normalized spacial score (nSPS) is 14.7. The number of halogens is 1. The highest BCUT2D eigenvalue weighted by Gasteiger charge is 2.27. The lowest BCUT2D eigenvalue weighted by Crippen LogP contribution is -2.35. The van der Waals surface area contributed by atoms with Gasteiger partial charge in [0.25, 0.3) is 5.91 Å². The van der Waals surface area contributed by atoms with Crippen molar-refractivity contribution in [3.63, 3.8) is 0 Å². The Morgan fingerprint density at radius 2 is 1.59 bits per heavy atom. The molecule has 8 heteroatoms. The number of carbonyl (C=O) groups is 1. The summed E-state index contributed by atoms with van der Waals surface area (Å²) >= 11 is 0. The average molecular weight is 455 g/mol. The van der Waals surface area contributed by atoms with Crippen LogP contribution in [-0.2, 0) is 10.0 Å². The second-order valence-corrected chi connectivity index (χ2v) is 9.41. The van der Waals surface area contributed by atoms with Gasteiger partial charge in [0.2, 0.25) is 10.0 Å². The number of hydrogen-bond donors (Lipinski definition) is 1. The minimum absolute atomic E-state index is 0.0450. The smallest absolute Gasteiger partial charge is 0.258 e. The van der Waals surface area contributed by atoms with Gasteiger partial charge in [0, 0.05) is 13.1 Å². The molecule has 4 rings (SSSR count). The largest absolute Gasteiger partial charge is 0.455 e. The topological polar surface area (TPSA) is 75.7 Å². The van der Waals surface area contributed by atoms with Crippen molar-refractivity contribution in [1.82, 2.24) is 4.31 Å². The van der Waals surface area contributed by atoms with E-state index in [1.807, 2.05) is 6.07 Å². The van der Waals surface area contributed by atoms with E-state index in [9.17, 15) is 17.6 Å². The van der Waals surface area contributed by atoms with Gasteiger partial charge in [-0.05, 0) is 55.3 Å². The molecule has 0 aliphatic carbocycles. The molecule has 0 bridgehead atoms. The lowest BCUT2D eigenvalue weighted by atomic mass is 10.2. The third kappa shape index (κ3) is 4.81. The third-order valence-corrected chi connectivity index (χ3v) is 7.14. The van der Waals surface area contributed by atoms with Crippen LogP contribution in [0.3, 0.4) is 0 Å². The molecule has 0 saturated carbocycles. The van der Waals surface area contributed by atoms with E-state index in [1.165, 1.54) is 40.7 Å². The number of piperidine rings is 1. The first-order chi connectivity index (χ1) is 15.4. The summed E-state index contributed by atoms with van der Waals surface area (Å²) in [6.45, 7) is 0.920. The van der Waals surface area contributed by atoms with Crippen molar-refractivity contribution in [2.45, 2.75) is 24.2 Å². The van der Waals surface area contributed by atoms with Crippen molar-refractivity contribution in [3.05, 3.63) is 84.2 Å². The SMILES string of the molecule is O=C(Nc1cc(S(=O)(=O)N2CCCCC2)ccc1Oc1ccccc1)c1ccccc1F. The Morgan fingerprint density at radius 3 is 2.31 bits per heavy atom. The monoisotopic (exact) mass is 454 g/mol. The Hall–Kier alpha value is -3.23. The van der Waals surface area contributed by atoms with Gasteiger partial charge in [-0.2, -0.15) is 4.31 Å². The van der Waals surface area contributed by atoms with E-state index in [1.54, 1.807) is 30.3 Å². The number of nitrogens with one attached hydrogen (secondary N) is 1. The minimum Gasteiger partial charge on any atom is -0.455 e. The Morgan fingerprint density at radius 1 is 0.906 bits per heavy atom. The first-order valence-corrected chi connectivity index (χ1v) is 11.8. The Balaban J connectivity index is 1.70. The standard InChI is InChI=1S/C24H23FN2O4S/c25-21-12-6-5-11-20(21)24(28)26-22-17-19(32(29,30)27-15-7-2-8-16-27)13-14-23(22)31-18-9-3-1-4-10-18/h1,3-6,9-14,17H,2,7-8,15-16H2,(H,26,28). The number of sulfonamides is 1. The molecule has 1 heterocycles. The quantitative estimate of drug-likeness (QED) is 0.566. The summed E-state index contributed by atoms with van der Waals surface area (Å²) in [6, 6.07) is 18.8. The Labute approximate surface area is 186 Å². The molecular formula is C24H23FN2O4S. The molecular weight excluding hydrogens is 431 g/mol. The zero-order chi connectivity index (χ0) is 22.6. The third-order valence-electron chi connectivity index (χ3n) is 5.24. The van der Waals surface area contributed by atoms with Crippen molar-refractivity contribution in [2.75, 3.05) is 18.4 Å². The fraction of sp³-hybridized carbons (Fsp3) is 0.208. The van der Waals surface area contributed by atoms with Gasteiger partial charge in [0.1, 0.15) is 11.6 Å². The molecule has 166 valence electrons. The molecule has 3 aromatic carbocycles. The van der Waals surface area contributed by atoms with Gasteiger partial charge in [0.05, 0.1) is 16.1 Å². The van der Waals surface area contributed by atoms with E-state index in [4.69, 9.17) is 4.74 Å². The van der Waals surface area contributed by atoms with Crippen LogP contribution >= 0.6 is 0 Å². The van der Waals surface area contributed by atoms with E-state index in [0.717, 1.165) is 19.3 Å². The molecule has 1 amide bonds. The van der Waals surface area contributed by atoms with Crippen molar-refractivity contribution < 1.29 is 22.3 Å². The van der Waals surface area contributed by atoms with E-state index in [0.29, 0.717) is 18.8 Å². The number of carbonyl (C=O) groups excluding carboxylic acids is 1. The molecule has 3 aromatic rings. The number of anilines is 1. The van der Waals surface area contributed by atoms with E-state index in [-0.39, 0.29) is 21.9 Å². The maximum absolute atomic E-state index is 14.1. The lowest BCUT2D eigenvalue weighted by molar-refractivity contribution is 0.102. The summed E-state index contributed by atoms with van der Waals surface area (Å²) in [5, 5.41) is 2.62. The van der Waals surface area contributed by atoms with Crippen LogP contribution in [0.5, 0.6) is 11.5 Å². The number of ether oxygens (including phenoxy) is 1. The van der Waals surface area contributed by atoms with Crippen LogP contribution in [0, 0.1) is 5.82 Å². The van der Waals surface area contributed by atoms with Crippen molar-refractivity contribution in [1.29, 1.82) is 0 Å². The van der Waals surface area contributed by atoms with Gasteiger partial charge < -0.3 is 10.1 Å². The zero-order valence-corrected chi connectivity index (χ0v) is 18.1. The lowest BCUT2D eigenvalue weighted by Gasteiger charge is -2.26. The van der Waals surface area contributed by atoms with E-state index >= 15 is 0 Å². The van der Waals surface area contributed by atoms with Crippen LogP contribution in [0.4, 0.5) is 10.1 Å². The summed E-state index contributed by atoms with van der Waals surface area (Å²) in [4.78, 5) is 12.8. The molecule has 0 spiro atoms. The molecule has 0 unspecified atom stereocenters. The van der Waals surface area contributed by atoms with Gasteiger partial charge >= 0.3 is 0 Å². The highest BCUT2D eigenvalue weighted by Crippen LogP contribution is 2.33. The maximum Gasteiger partial charge on any atom is 0.258 e. The maximum atomic E-state index is 14.1. The van der Waals surface area contributed by atoms with Gasteiger partial charge in [-0.3, -0.25) is 4.79 Å². The summed E-state index contributed by atoms with van der Waals surface area (Å²) in [6.07, 6.45) is 2.62. The number of nitrogens with zero attached hydrogens (tertiary/aromatic N) is 1. The van der Waals surface area contributed by atoms with Crippen LogP contribution in [-0.4, -0.2) is 31.7 Å². The second kappa shape index (κ2) is 9.50. The predicted octanol–water partition coefficient (Wildman–Crippen LogP) is 5.04. The average Bonchev–Trinajstić information content (AvgIpc) is 2.81. The van der Waals surface area contributed by atoms with Gasteiger partial charge in [-0.15, -0.1) is 0 Å². The molecule has 0 atom stereocenters. The Bertz CT molecular complexity index is 1210. The summed E-state index contributed by atoms with van der Waals surface area (Å²) in [7, 11) is -3.73. The van der Waals surface area contributed by atoms with E-state index < -0.39 is 21.7 Å². The van der Waals surface area contributed by atoms with Crippen LogP contribution in [0.1, 0.15) is 29.6 Å². The second-order valence-electron chi connectivity index (χ2n) is 7.47. The van der Waals surface area contributed by atoms with Crippen molar-refractivity contribution >= 4 is 21.6 Å². The number of rotatable bonds is 6. The number of benzene rings is 3. The zero-order valence-electron chi connectivity index (χ0n) is 17.3. The van der Waals surface area contributed by atoms with Crippen LogP contribution in [0.2, 0.25) is 0 Å². The Kier molecular flexibility index (Phi) is 6.53. The number of amides is 1. The molecule has 6 nitrogen and oxygen atoms in total. The van der Waals surface area contributed by atoms with Crippen LogP contribution in [0.15, 0.2) is 77.7 Å². The molecule has 1 N–H and O–H groups in total. The minimum atomic E-state index is -3.73. The molecule has 1 saturated heterocycles. The summed E-state index contributed by atoms with van der Waals surface area (Å²) < 4.78 is 47.7. The summed E-state index contributed by atoms with van der Waals surface area (Å²) in [5.41, 5.74) is -0.0114. The molecule has 1 aliphatic heterocycles. The molecule has 32 heavy (non-hydrogen) atoms. The van der Waals surface area contributed by atoms with Crippen molar-refractivity contribution in [3.8, 4) is 11.5 Å². The fourth-order valence-electron chi connectivity index (χ4n) is 3.56. The first-order valence-electron chi connectivity index (χ1n) is 10.4. The summed E-state index contributed by atoms with van der Waals surface area (Å²) in [5.74, 6) is -0.611. The van der Waals surface area contributed by atoms with Gasteiger partial charge in [-0.1, -0.05) is 36.8 Å². The van der Waals surface area contributed by atoms with E-state index in [2.05, 4.69) is 5.32 Å². The highest BCUT2D eigenvalue weighted by atomic mass is 32.2. The highest BCUT2D eigenvalue weighted by molar-refractivity contribution is 7.89. The number of hydrogen-bond acceptors (Lipinski definition) is 4. The molecule has 0 radical (unpaired) electrons. The van der Waals surface area contributed by atoms with Crippen LogP contribution in [0.25, 0.3) is 0 Å².